The first-order chi connectivity index (χ1) is 12.7. The van der Waals surface area contributed by atoms with Gasteiger partial charge >= 0.3 is 0 Å². The fourth-order valence-corrected chi connectivity index (χ4v) is 2.57. The van der Waals surface area contributed by atoms with Crippen LogP contribution in [0.3, 0.4) is 0 Å². The lowest BCUT2D eigenvalue weighted by atomic mass is 10.3. The Morgan fingerprint density at radius 1 is 1.12 bits per heavy atom. The van der Waals surface area contributed by atoms with Crippen LogP contribution in [0.4, 0.5) is 0 Å². The molecule has 0 radical (unpaired) electrons. The minimum Gasteiger partial charge on any atom is -0.493 e. The largest absolute Gasteiger partial charge is 0.493 e. The molecule has 0 unspecified atom stereocenters. The van der Waals surface area contributed by atoms with E-state index in [4.69, 9.17) is 9.47 Å². The maximum Gasteiger partial charge on any atom is 0.269 e. The van der Waals surface area contributed by atoms with Gasteiger partial charge in [-0.2, -0.15) is 0 Å². The molecule has 0 saturated carbocycles. The van der Waals surface area contributed by atoms with E-state index in [1.54, 1.807) is 37.4 Å². The van der Waals surface area contributed by atoms with Gasteiger partial charge in [-0.3, -0.25) is 14.2 Å². The van der Waals surface area contributed by atoms with Crippen LogP contribution in [0.25, 0.3) is 11.0 Å². The highest BCUT2D eigenvalue weighted by Crippen LogP contribution is 2.25. The van der Waals surface area contributed by atoms with Crippen LogP contribution in [0, 0.1) is 0 Å². The van der Waals surface area contributed by atoms with Gasteiger partial charge in [0.25, 0.3) is 5.56 Å². The molecule has 0 atom stereocenters. The van der Waals surface area contributed by atoms with Crippen molar-refractivity contribution in [3.05, 3.63) is 65.1 Å². The van der Waals surface area contributed by atoms with E-state index in [1.807, 2.05) is 18.2 Å². The average molecular weight is 353 g/mol. The van der Waals surface area contributed by atoms with Crippen LogP contribution in [0.15, 0.2) is 59.5 Å². The molecular weight excluding hydrogens is 334 g/mol. The Balaban J connectivity index is 1.57. The van der Waals surface area contributed by atoms with E-state index in [-0.39, 0.29) is 24.6 Å². The SMILES string of the molecule is COc1ccccc1OCCNC(=O)Cn1c(=O)cnc2ccccc21. The number of nitrogens with one attached hydrogen (secondary N) is 1. The Kier molecular flexibility index (Phi) is 5.48. The van der Waals surface area contributed by atoms with Crippen molar-refractivity contribution in [3.63, 3.8) is 0 Å². The minimum absolute atomic E-state index is 0.0729. The van der Waals surface area contributed by atoms with Gasteiger partial charge in [0.1, 0.15) is 13.2 Å². The van der Waals surface area contributed by atoms with Crippen LogP contribution < -0.4 is 20.3 Å². The summed E-state index contributed by atoms with van der Waals surface area (Å²) in [6, 6.07) is 14.5. The molecule has 1 amide bonds. The molecule has 0 aliphatic carbocycles. The summed E-state index contributed by atoms with van der Waals surface area (Å²) in [7, 11) is 1.57. The second-order valence-corrected chi connectivity index (χ2v) is 5.52. The van der Waals surface area contributed by atoms with Crippen LogP contribution in [0.2, 0.25) is 0 Å². The van der Waals surface area contributed by atoms with Crippen LogP contribution in [0.5, 0.6) is 11.5 Å². The van der Waals surface area contributed by atoms with Crippen molar-refractivity contribution in [2.75, 3.05) is 20.3 Å². The maximum absolute atomic E-state index is 12.2. The number of rotatable bonds is 7. The number of hydrogen-bond acceptors (Lipinski definition) is 5. The number of carbonyl (C=O) groups excluding carboxylic acids is 1. The topological polar surface area (TPSA) is 82.5 Å². The molecule has 1 heterocycles. The van der Waals surface area contributed by atoms with Gasteiger partial charge in [-0.15, -0.1) is 0 Å². The van der Waals surface area contributed by atoms with Gasteiger partial charge in [-0.1, -0.05) is 24.3 Å². The van der Waals surface area contributed by atoms with E-state index < -0.39 is 0 Å². The first-order valence-electron chi connectivity index (χ1n) is 8.16. The lowest BCUT2D eigenvalue weighted by Crippen LogP contribution is -2.34. The quantitative estimate of drug-likeness (QED) is 0.653. The maximum atomic E-state index is 12.2. The third kappa shape index (κ3) is 4.00. The van der Waals surface area contributed by atoms with Crippen LogP contribution in [-0.2, 0) is 11.3 Å². The number of hydrogen-bond donors (Lipinski definition) is 1. The fraction of sp³-hybridized carbons (Fsp3) is 0.211. The zero-order valence-corrected chi connectivity index (χ0v) is 14.3. The summed E-state index contributed by atoms with van der Waals surface area (Å²) in [4.78, 5) is 28.3. The average Bonchev–Trinajstić information content (AvgIpc) is 2.68. The number of carbonyl (C=O) groups is 1. The molecule has 7 nitrogen and oxygen atoms in total. The molecule has 134 valence electrons. The zero-order valence-electron chi connectivity index (χ0n) is 14.3. The normalized spacial score (nSPS) is 10.5. The molecule has 0 spiro atoms. The second-order valence-electron chi connectivity index (χ2n) is 5.52. The van der Waals surface area contributed by atoms with Crippen LogP contribution in [0.1, 0.15) is 0 Å². The van der Waals surface area contributed by atoms with Crippen molar-refractivity contribution >= 4 is 16.9 Å². The fourth-order valence-electron chi connectivity index (χ4n) is 2.57. The number of aromatic nitrogens is 2. The van der Waals surface area contributed by atoms with Gasteiger partial charge in [0.05, 0.1) is 30.9 Å². The standard InChI is InChI=1S/C19H19N3O4/c1-25-16-8-4-5-9-17(16)26-11-10-20-18(23)13-22-15-7-3-2-6-14(15)21-12-19(22)24/h2-9,12H,10-11,13H2,1H3,(H,20,23). The van der Waals surface area contributed by atoms with E-state index >= 15 is 0 Å². The first kappa shape index (κ1) is 17.5. The number of para-hydroxylation sites is 4. The minimum atomic E-state index is -0.316. The molecule has 0 saturated heterocycles. The van der Waals surface area contributed by atoms with E-state index in [9.17, 15) is 9.59 Å². The third-order valence-electron chi connectivity index (χ3n) is 3.81. The van der Waals surface area contributed by atoms with Crippen LogP contribution >= 0.6 is 0 Å². The summed E-state index contributed by atoms with van der Waals surface area (Å²) in [6.07, 6.45) is 1.22. The molecule has 7 heteroatoms. The molecule has 1 N–H and O–H groups in total. The Morgan fingerprint density at radius 2 is 1.85 bits per heavy atom. The molecule has 26 heavy (non-hydrogen) atoms. The summed E-state index contributed by atoms with van der Waals surface area (Å²) in [5.41, 5.74) is 0.976. The molecular formula is C19H19N3O4. The van der Waals surface area contributed by atoms with Gasteiger partial charge in [0.2, 0.25) is 5.91 Å². The number of amides is 1. The van der Waals surface area contributed by atoms with Crippen molar-refractivity contribution in [2.45, 2.75) is 6.54 Å². The monoisotopic (exact) mass is 353 g/mol. The first-order valence-corrected chi connectivity index (χ1v) is 8.16. The highest BCUT2D eigenvalue weighted by molar-refractivity contribution is 5.79. The molecule has 0 bridgehead atoms. The summed E-state index contributed by atoms with van der Waals surface area (Å²) in [5.74, 6) is 0.973. The van der Waals surface area contributed by atoms with Gasteiger partial charge in [-0.05, 0) is 24.3 Å². The van der Waals surface area contributed by atoms with E-state index in [2.05, 4.69) is 10.3 Å². The van der Waals surface area contributed by atoms with Gasteiger partial charge < -0.3 is 14.8 Å². The van der Waals surface area contributed by atoms with Gasteiger partial charge in [0, 0.05) is 0 Å². The van der Waals surface area contributed by atoms with E-state index in [1.165, 1.54) is 10.8 Å². The number of fused-ring (bicyclic) bond motifs is 1. The lowest BCUT2D eigenvalue weighted by Gasteiger charge is -2.12. The predicted molar refractivity (Wildman–Crippen MR) is 97.5 cm³/mol. The summed E-state index contributed by atoms with van der Waals surface area (Å²) >= 11 is 0. The van der Waals surface area contributed by atoms with Crippen molar-refractivity contribution in [3.8, 4) is 11.5 Å². The summed E-state index contributed by atoms with van der Waals surface area (Å²) in [5, 5.41) is 2.75. The molecule has 0 aliphatic heterocycles. The highest BCUT2D eigenvalue weighted by Gasteiger charge is 2.09. The zero-order chi connectivity index (χ0) is 18.4. The van der Waals surface area contributed by atoms with E-state index in [0.717, 1.165) is 0 Å². The number of methoxy groups -OCH3 is 1. The summed E-state index contributed by atoms with van der Waals surface area (Å²) in [6.45, 7) is 0.531. The predicted octanol–water partition coefficient (Wildman–Crippen LogP) is 1.60. The lowest BCUT2D eigenvalue weighted by molar-refractivity contribution is -0.121. The third-order valence-corrected chi connectivity index (χ3v) is 3.81. The molecule has 2 aromatic carbocycles. The Hall–Kier alpha value is -3.35. The van der Waals surface area contributed by atoms with Crippen molar-refractivity contribution in [2.24, 2.45) is 0 Å². The Bertz CT molecular complexity index is 968. The molecule has 3 rings (SSSR count). The summed E-state index contributed by atoms with van der Waals surface area (Å²) < 4.78 is 12.2. The van der Waals surface area contributed by atoms with E-state index in [0.29, 0.717) is 29.1 Å². The van der Waals surface area contributed by atoms with Gasteiger partial charge in [-0.25, -0.2) is 4.98 Å². The Labute approximate surface area is 150 Å². The van der Waals surface area contributed by atoms with Crippen molar-refractivity contribution < 1.29 is 14.3 Å². The molecule has 0 fully saturated rings. The highest BCUT2D eigenvalue weighted by atomic mass is 16.5. The Morgan fingerprint density at radius 3 is 2.65 bits per heavy atom. The second kappa shape index (κ2) is 8.15. The van der Waals surface area contributed by atoms with Gasteiger partial charge in [0.15, 0.2) is 11.5 Å². The van der Waals surface area contributed by atoms with Crippen molar-refractivity contribution in [1.82, 2.24) is 14.9 Å². The van der Waals surface area contributed by atoms with Crippen LogP contribution in [-0.4, -0.2) is 35.7 Å². The van der Waals surface area contributed by atoms with Crippen molar-refractivity contribution in [1.29, 1.82) is 0 Å². The number of nitrogens with zero attached hydrogens (tertiary/aromatic N) is 2. The molecule has 3 aromatic rings. The molecule has 1 aromatic heterocycles. The number of benzene rings is 2. The smallest absolute Gasteiger partial charge is 0.269 e. The number of ether oxygens (including phenoxy) is 2. The molecule has 0 aliphatic rings.